The highest BCUT2D eigenvalue weighted by molar-refractivity contribution is 5.76. The largest absolute Gasteiger partial charge is 0.376 e. The normalized spacial score (nSPS) is 18.7. The summed E-state index contributed by atoms with van der Waals surface area (Å²) in [5.41, 5.74) is 3.01. The summed E-state index contributed by atoms with van der Waals surface area (Å²) >= 11 is 0. The summed E-state index contributed by atoms with van der Waals surface area (Å²) in [6, 6.07) is 20.2. The van der Waals surface area contributed by atoms with Crippen LogP contribution in [0.1, 0.15) is 75.3 Å². The molecule has 3 saturated heterocycles. The van der Waals surface area contributed by atoms with E-state index < -0.39 is 0 Å². The molecule has 4 fully saturated rings. The Balaban J connectivity index is 0.000000166. The lowest BCUT2D eigenvalue weighted by Crippen LogP contribution is -2.42. The van der Waals surface area contributed by atoms with Gasteiger partial charge in [0.05, 0.1) is 25.7 Å². The van der Waals surface area contributed by atoms with E-state index >= 15 is 0 Å². The topological polar surface area (TPSA) is 163 Å². The van der Waals surface area contributed by atoms with Crippen molar-refractivity contribution >= 4 is 34.2 Å². The van der Waals surface area contributed by atoms with E-state index in [4.69, 9.17) is 14.7 Å². The number of aryl methyl sites for hydroxylation is 2. The molecule has 2 aromatic carbocycles. The number of imidazole rings is 2. The van der Waals surface area contributed by atoms with Gasteiger partial charge in [0, 0.05) is 66.5 Å². The third-order valence-electron chi connectivity index (χ3n) is 13.9. The zero-order chi connectivity index (χ0) is 45.6. The molecule has 2 N–H and O–H groups in total. The van der Waals surface area contributed by atoms with Gasteiger partial charge >= 0.3 is 11.4 Å². The van der Waals surface area contributed by atoms with Gasteiger partial charge in [-0.05, 0) is 62.2 Å². The number of hydrogen-bond acceptors (Lipinski definition) is 11. The average Bonchev–Trinajstić information content (AvgIpc) is 3.95. The molecule has 7 heterocycles. The van der Waals surface area contributed by atoms with Crippen molar-refractivity contribution in [2.45, 2.75) is 96.5 Å². The highest BCUT2D eigenvalue weighted by Gasteiger charge is 2.28. The van der Waals surface area contributed by atoms with Gasteiger partial charge in [0.25, 0.3) is 11.1 Å². The van der Waals surface area contributed by atoms with Crippen LogP contribution in [0.5, 0.6) is 0 Å². The third kappa shape index (κ3) is 9.70. The van der Waals surface area contributed by atoms with Crippen molar-refractivity contribution in [3.8, 4) is 0 Å². The van der Waals surface area contributed by atoms with E-state index in [9.17, 15) is 19.2 Å². The minimum Gasteiger partial charge on any atom is -0.376 e. The molecule has 6 aromatic rings. The molecule has 10 rings (SSSR count). The van der Waals surface area contributed by atoms with Gasteiger partial charge < -0.3 is 25.2 Å². The van der Waals surface area contributed by atoms with Crippen LogP contribution in [-0.2, 0) is 45.0 Å². The maximum atomic E-state index is 13.8. The van der Waals surface area contributed by atoms with Gasteiger partial charge in [-0.25, -0.2) is 9.59 Å². The summed E-state index contributed by atoms with van der Waals surface area (Å²) in [6.07, 6.45) is 10.9. The van der Waals surface area contributed by atoms with E-state index in [1.54, 1.807) is 18.7 Å². The van der Waals surface area contributed by atoms with Crippen molar-refractivity contribution in [1.29, 1.82) is 0 Å². The number of aromatic nitrogens is 8. The summed E-state index contributed by atoms with van der Waals surface area (Å²) in [5, 5.41) is 6.86. The monoisotopic (exact) mass is 903 g/mol. The number of rotatable bonds is 11. The van der Waals surface area contributed by atoms with Gasteiger partial charge in [0.1, 0.15) is 0 Å². The number of anilines is 2. The van der Waals surface area contributed by atoms with Gasteiger partial charge in [0.2, 0.25) is 11.9 Å². The Kier molecular flexibility index (Phi) is 14.3. The van der Waals surface area contributed by atoms with Crippen LogP contribution in [0.3, 0.4) is 0 Å². The first-order valence-electron chi connectivity index (χ1n) is 24.3. The SMILES string of the molecule is Cn1c(=O)n(CC2CCCO2)c(=O)c2c1nc(N1CCCNCC1)n2Cc1ccccc1.Cn1c(=O)n(CCC2CCCCC2)c(=O)c2c1nc(N1CCCNCC1)n2Cc1ccccc1. The minimum atomic E-state index is -0.341. The maximum absolute atomic E-state index is 13.8. The second kappa shape index (κ2) is 20.8. The lowest BCUT2D eigenvalue weighted by atomic mass is 9.87. The Morgan fingerprint density at radius 2 is 1.09 bits per heavy atom. The van der Waals surface area contributed by atoms with Crippen LogP contribution in [0.4, 0.5) is 11.9 Å². The van der Waals surface area contributed by atoms with Crippen LogP contribution in [-0.4, -0.2) is 102 Å². The van der Waals surface area contributed by atoms with Crippen LogP contribution in [0.2, 0.25) is 0 Å². The summed E-state index contributed by atoms with van der Waals surface area (Å²) in [6.45, 7) is 9.51. The molecule has 1 atom stereocenters. The molecule has 17 heteroatoms. The predicted octanol–water partition coefficient (Wildman–Crippen LogP) is 3.64. The highest BCUT2D eigenvalue weighted by atomic mass is 16.5. The minimum absolute atomic E-state index is 0.0977. The van der Waals surface area contributed by atoms with Crippen LogP contribution in [0.25, 0.3) is 22.3 Å². The van der Waals surface area contributed by atoms with E-state index in [0.29, 0.717) is 54.5 Å². The van der Waals surface area contributed by atoms with Crippen molar-refractivity contribution in [2.75, 3.05) is 68.8 Å². The van der Waals surface area contributed by atoms with E-state index in [1.165, 1.54) is 45.8 Å². The fourth-order valence-corrected chi connectivity index (χ4v) is 10.3. The van der Waals surface area contributed by atoms with Crippen LogP contribution < -0.4 is 42.9 Å². The molecule has 0 amide bonds. The number of nitrogens with zero attached hydrogens (tertiary/aromatic N) is 10. The first-order chi connectivity index (χ1) is 32.3. The molecule has 0 bridgehead atoms. The summed E-state index contributed by atoms with van der Waals surface area (Å²) in [7, 11) is 3.44. The van der Waals surface area contributed by atoms with E-state index in [-0.39, 0.29) is 35.1 Å². The number of ether oxygens (including phenoxy) is 1. The standard InChI is InChI=1S/C26H36N6O2.C23H30N6O3/c1-29-23-22(24(33)31(26(29)34)17-13-20-9-4-2-5-10-20)32(19-21-11-6-3-7-12-21)25(28-23)30-16-8-14-27-15-18-30;1-26-20-19(21(30)29(23(26)31)16-18-9-5-14-32-18)28(15-17-7-3-2-4-8-17)22(25-20)27-12-6-10-24-11-13-27/h3,6-7,11-12,20,27H,2,4-5,8-10,13-19H2,1H3;2-4,7-8,18,24H,5-6,9-16H2,1H3. The van der Waals surface area contributed by atoms with Gasteiger partial charge in [-0.1, -0.05) is 92.8 Å². The third-order valence-corrected chi connectivity index (χ3v) is 13.9. The second-order valence-electron chi connectivity index (χ2n) is 18.5. The first kappa shape index (κ1) is 45.4. The van der Waals surface area contributed by atoms with Crippen molar-refractivity contribution in [1.82, 2.24) is 48.0 Å². The zero-order valence-corrected chi connectivity index (χ0v) is 38.7. The first-order valence-corrected chi connectivity index (χ1v) is 24.3. The molecule has 66 heavy (non-hydrogen) atoms. The molecule has 1 saturated carbocycles. The Labute approximate surface area is 384 Å². The van der Waals surface area contributed by atoms with Crippen molar-refractivity contribution in [3.63, 3.8) is 0 Å². The highest BCUT2D eigenvalue weighted by Crippen LogP contribution is 2.27. The second-order valence-corrected chi connectivity index (χ2v) is 18.5. The Morgan fingerprint density at radius 3 is 1.61 bits per heavy atom. The van der Waals surface area contributed by atoms with Gasteiger partial charge in [0.15, 0.2) is 22.3 Å². The van der Waals surface area contributed by atoms with Crippen LogP contribution >= 0.6 is 0 Å². The van der Waals surface area contributed by atoms with Crippen molar-refractivity contribution in [2.24, 2.45) is 20.0 Å². The molecule has 0 spiro atoms. The molecule has 0 radical (unpaired) electrons. The van der Waals surface area contributed by atoms with Gasteiger partial charge in [-0.2, -0.15) is 9.97 Å². The Bertz CT molecular complexity index is 2810. The van der Waals surface area contributed by atoms with Gasteiger partial charge in [-0.3, -0.25) is 37.0 Å². The number of nitrogens with one attached hydrogen (secondary N) is 2. The van der Waals surface area contributed by atoms with Crippen LogP contribution in [0, 0.1) is 5.92 Å². The van der Waals surface area contributed by atoms with Gasteiger partial charge in [-0.15, -0.1) is 0 Å². The summed E-state index contributed by atoms with van der Waals surface area (Å²) in [4.78, 5) is 68.0. The molecule has 4 aromatic heterocycles. The molecular weight excluding hydrogens is 837 g/mol. The Morgan fingerprint density at radius 1 is 0.576 bits per heavy atom. The fraction of sp³-hybridized carbons (Fsp3) is 0.551. The van der Waals surface area contributed by atoms with Crippen LogP contribution in [0.15, 0.2) is 79.8 Å². The molecule has 1 unspecified atom stereocenters. The molecule has 17 nitrogen and oxygen atoms in total. The molecule has 352 valence electrons. The fourth-order valence-electron chi connectivity index (χ4n) is 10.3. The lowest BCUT2D eigenvalue weighted by molar-refractivity contribution is 0.0949. The average molecular weight is 903 g/mol. The number of benzene rings is 2. The summed E-state index contributed by atoms with van der Waals surface area (Å²) in [5.74, 6) is 2.13. The summed E-state index contributed by atoms with van der Waals surface area (Å²) < 4.78 is 15.6. The molecule has 3 aliphatic heterocycles. The van der Waals surface area contributed by atoms with E-state index in [2.05, 4.69) is 32.6 Å². The number of fused-ring (bicyclic) bond motifs is 2. The lowest BCUT2D eigenvalue weighted by Gasteiger charge is -2.22. The maximum Gasteiger partial charge on any atom is 0.332 e. The van der Waals surface area contributed by atoms with E-state index in [1.807, 2.05) is 57.7 Å². The van der Waals surface area contributed by atoms with Crippen molar-refractivity contribution in [3.05, 3.63) is 113 Å². The zero-order valence-electron chi connectivity index (χ0n) is 38.7. The molecule has 4 aliphatic rings. The predicted molar refractivity (Wildman–Crippen MR) is 259 cm³/mol. The molecule has 1 aliphatic carbocycles. The smallest absolute Gasteiger partial charge is 0.332 e. The quantitative estimate of drug-likeness (QED) is 0.195. The van der Waals surface area contributed by atoms with E-state index in [0.717, 1.165) is 107 Å². The molecular formula is C49H66N12O5. The number of hydrogen-bond donors (Lipinski definition) is 2. The Hall–Kier alpha value is -5.78. The van der Waals surface area contributed by atoms with Crippen molar-refractivity contribution < 1.29 is 4.74 Å².